The highest BCUT2D eigenvalue weighted by atomic mass is 16.5. The van der Waals surface area contributed by atoms with Gasteiger partial charge in [0.25, 0.3) is 0 Å². The van der Waals surface area contributed by atoms with Gasteiger partial charge in [-0.3, -0.25) is 4.79 Å². The monoisotopic (exact) mass is 355 g/mol. The third kappa shape index (κ3) is 5.84. The molecule has 0 aliphatic heterocycles. The molecule has 0 fully saturated rings. The molecule has 2 rings (SSSR count). The molecule has 5 heteroatoms. The van der Waals surface area contributed by atoms with Crippen LogP contribution in [0.4, 0.5) is 0 Å². The van der Waals surface area contributed by atoms with Crippen LogP contribution < -0.4 is 19.5 Å². The van der Waals surface area contributed by atoms with Crippen LogP contribution in [0.15, 0.2) is 48.5 Å². The fourth-order valence-electron chi connectivity index (χ4n) is 2.47. The zero-order valence-corrected chi connectivity index (χ0v) is 15.5. The second-order valence-electron chi connectivity index (χ2n) is 5.57. The second-order valence-corrected chi connectivity index (χ2v) is 5.57. The predicted octanol–water partition coefficient (Wildman–Crippen LogP) is 3.47. The van der Waals surface area contributed by atoms with Gasteiger partial charge >= 0.3 is 0 Å². The van der Waals surface area contributed by atoms with Crippen molar-refractivity contribution in [2.24, 2.45) is 0 Å². The normalized spacial score (nSPS) is 10.6. The Balaban J connectivity index is 1.85. The molecule has 2 aromatic rings. The molecule has 0 aliphatic rings. The van der Waals surface area contributed by atoms with Gasteiger partial charge < -0.3 is 19.5 Å². The number of ether oxygens (including phenoxy) is 3. The average Bonchev–Trinajstić information content (AvgIpc) is 2.66. The molecule has 0 aromatic heterocycles. The SMILES string of the molecule is CCOc1cccc(CCNC(=O)/C=C/c2ccc(OC)c(OC)c2)c1. The van der Waals surface area contributed by atoms with Crippen LogP contribution in [-0.4, -0.2) is 33.3 Å². The molecule has 1 amide bonds. The van der Waals surface area contributed by atoms with Gasteiger partial charge in [0.2, 0.25) is 5.91 Å². The molecule has 0 heterocycles. The van der Waals surface area contributed by atoms with Crippen molar-refractivity contribution in [3.8, 4) is 17.2 Å². The summed E-state index contributed by atoms with van der Waals surface area (Å²) in [5.41, 5.74) is 1.99. The first-order valence-corrected chi connectivity index (χ1v) is 8.56. The minimum absolute atomic E-state index is 0.138. The van der Waals surface area contributed by atoms with Crippen molar-refractivity contribution in [1.82, 2.24) is 5.32 Å². The van der Waals surface area contributed by atoms with E-state index < -0.39 is 0 Å². The van der Waals surface area contributed by atoms with Gasteiger partial charge in [-0.1, -0.05) is 18.2 Å². The van der Waals surface area contributed by atoms with Crippen LogP contribution in [0.2, 0.25) is 0 Å². The molecule has 0 bridgehead atoms. The van der Waals surface area contributed by atoms with E-state index in [9.17, 15) is 4.79 Å². The van der Waals surface area contributed by atoms with Crippen LogP contribution in [0.1, 0.15) is 18.1 Å². The van der Waals surface area contributed by atoms with Gasteiger partial charge in [-0.25, -0.2) is 0 Å². The molecule has 0 unspecified atom stereocenters. The van der Waals surface area contributed by atoms with E-state index in [1.807, 2.05) is 49.4 Å². The number of rotatable bonds is 9. The van der Waals surface area contributed by atoms with E-state index in [2.05, 4.69) is 5.32 Å². The summed E-state index contributed by atoms with van der Waals surface area (Å²) in [6.07, 6.45) is 4.00. The average molecular weight is 355 g/mol. The van der Waals surface area contributed by atoms with Crippen LogP contribution in [0.3, 0.4) is 0 Å². The Morgan fingerprint density at radius 1 is 1.08 bits per heavy atom. The van der Waals surface area contributed by atoms with Crippen molar-refractivity contribution >= 4 is 12.0 Å². The number of hydrogen-bond acceptors (Lipinski definition) is 4. The lowest BCUT2D eigenvalue weighted by molar-refractivity contribution is -0.116. The summed E-state index contributed by atoms with van der Waals surface area (Å²) in [4.78, 5) is 12.0. The summed E-state index contributed by atoms with van der Waals surface area (Å²) in [6.45, 7) is 3.16. The quantitative estimate of drug-likeness (QED) is 0.700. The number of nitrogens with one attached hydrogen (secondary N) is 1. The smallest absolute Gasteiger partial charge is 0.244 e. The number of amides is 1. The minimum atomic E-state index is -0.138. The van der Waals surface area contributed by atoms with Gasteiger partial charge in [0.1, 0.15) is 5.75 Å². The first kappa shape index (κ1) is 19.4. The van der Waals surface area contributed by atoms with Crippen molar-refractivity contribution < 1.29 is 19.0 Å². The van der Waals surface area contributed by atoms with Crippen LogP contribution >= 0.6 is 0 Å². The van der Waals surface area contributed by atoms with Crippen molar-refractivity contribution in [1.29, 1.82) is 0 Å². The largest absolute Gasteiger partial charge is 0.494 e. The molecule has 26 heavy (non-hydrogen) atoms. The Labute approximate surface area is 154 Å². The Bertz CT molecular complexity index is 755. The van der Waals surface area contributed by atoms with Gasteiger partial charge in [0, 0.05) is 12.6 Å². The van der Waals surface area contributed by atoms with Crippen molar-refractivity contribution in [2.45, 2.75) is 13.3 Å². The third-order valence-corrected chi connectivity index (χ3v) is 3.76. The number of hydrogen-bond donors (Lipinski definition) is 1. The van der Waals surface area contributed by atoms with Crippen LogP contribution in [0.5, 0.6) is 17.2 Å². The molecule has 2 aromatic carbocycles. The summed E-state index contributed by atoms with van der Waals surface area (Å²) in [7, 11) is 3.17. The standard InChI is InChI=1S/C21H25NO4/c1-4-26-18-7-5-6-16(14-18)12-13-22-21(23)11-9-17-8-10-19(24-2)20(15-17)25-3/h5-11,14-15H,4,12-13H2,1-3H3,(H,22,23)/b11-9+. The molecule has 0 aliphatic carbocycles. The number of methoxy groups -OCH3 is 2. The summed E-state index contributed by atoms with van der Waals surface area (Å²) in [6, 6.07) is 13.4. The predicted molar refractivity (Wildman–Crippen MR) is 103 cm³/mol. The summed E-state index contributed by atoms with van der Waals surface area (Å²) < 4.78 is 15.9. The zero-order valence-electron chi connectivity index (χ0n) is 15.5. The summed E-state index contributed by atoms with van der Waals surface area (Å²) >= 11 is 0. The maximum Gasteiger partial charge on any atom is 0.244 e. The van der Waals surface area contributed by atoms with Crippen LogP contribution in [0, 0.1) is 0 Å². The molecular formula is C21H25NO4. The van der Waals surface area contributed by atoms with E-state index >= 15 is 0 Å². The minimum Gasteiger partial charge on any atom is -0.494 e. The Morgan fingerprint density at radius 3 is 2.62 bits per heavy atom. The molecule has 138 valence electrons. The van der Waals surface area contributed by atoms with Crippen molar-refractivity contribution in [3.05, 3.63) is 59.7 Å². The second kappa shape index (κ2) is 10.1. The molecule has 0 saturated carbocycles. The lowest BCUT2D eigenvalue weighted by Gasteiger charge is -2.08. The number of carbonyl (C=O) groups is 1. The van der Waals surface area contributed by atoms with Crippen LogP contribution in [0.25, 0.3) is 6.08 Å². The highest BCUT2D eigenvalue weighted by Gasteiger charge is 2.03. The Morgan fingerprint density at radius 2 is 1.88 bits per heavy atom. The van der Waals surface area contributed by atoms with Gasteiger partial charge in [0.05, 0.1) is 20.8 Å². The molecule has 5 nitrogen and oxygen atoms in total. The Kier molecular flexibility index (Phi) is 7.55. The van der Waals surface area contributed by atoms with E-state index in [1.54, 1.807) is 20.3 Å². The lowest BCUT2D eigenvalue weighted by Crippen LogP contribution is -2.23. The first-order chi connectivity index (χ1) is 12.7. The molecule has 0 radical (unpaired) electrons. The van der Waals surface area contributed by atoms with Crippen molar-refractivity contribution in [2.75, 3.05) is 27.4 Å². The number of benzene rings is 2. The topological polar surface area (TPSA) is 56.8 Å². The summed E-state index contributed by atoms with van der Waals surface area (Å²) in [5.74, 6) is 2.00. The molecule has 0 atom stereocenters. The Hall–Kier alpha value is -2.95. The van der Waals surface area contributed by atoms with E-state index in [0.29, 0.717) is 24.7 Å². The van der Waals surface area contributed by atoms with Gasteiger partial charge in [-0.2, -0.15) is 0 Å². The first-order valence-electron chi connectivity index (χ1n) is 8.56. The highest BCUT2D eigenvalue weighted by Crippen LogP contribution is 2.27. The zero-order chi connectivity index (χ0) is 18.8. The van der Waals surface area contributed by atoms with Gasteiger partial charge in [-0.05, 0) is 54.8 Å². The number of carbonyl (C=O) groups excluding carboxylic acids is 1. The fourth-order valence-corrected chi connectivity index (χ4v) is 2.47. The molecule has 1 N–H and O–H groups in total. The molecular weight excluding hydrogens is 330 g/mol. The molecule has 0 spiro atoms. The summed E-state index contributed by atoms with van der Waals surface area (Å²) in [5, 5.41) is 2.88. The highest BCUT2D eigenvalue weighted by molar-refractivity contribution is 5.91. The van der Waals surface area contributed by atoms with E-state index in [4.69, 9.17) is 14.2 Å². The van der Waals surface area contributed by atoms with E-state index in [1.165, 1.54) is 6.08 Å². The third-order valence-electron chi connectivity index (χ3n) is 3.76. The maximum absolute atomic E-state index is 12.0. The lowest BCUT2D eigenvalue weighted by atomic mass is 10.1. The van der Waals surface area contributed by atoms with Crippen molar-refractivity contribution in [3.63, 3.8) is 0 Å². The fraction of sp³-hybridized carbons (Fsp3) is 0.286. The maximum atomic E-state index is 12.0. The molecule has 0 saturated heterocycles. The van der Waals surface area contributed by atoms with Gasteiger partial charge in [0.15, 0.2) is 11.5 Å². The van der Waals surface area contributed by atoms with Gasteiger partial charge in [-0.15, -0.1) is 0 Å². The van der Waals surface area contributed by atoms with Crippen LogP contribution in [-0.2, 0) is 11.2 Å². The van der Waals surface area contributed by atoms with E-state index in [0.717, 1.165) is 23.3 Å². The van der Waals surface area contributed by atoms with E-state index in [-0.39, 0.29) is 5.91 Å².